The molecule has 1 atom stereocenters. The Hall–Kier alpha value is -2.04. The van der Waals surface area contributed by atoms with E-state index in [2.05, 4.69) is 0 Å². The molecule has 1 aromatic rings. The first-order valence-corrected chi connectivity index (χ1v) is 5.91. The van der Waals surface area contributed by atoms with E-state index in [-0.39, 0.29) is 12.3 Å². The maximum absolute atomic E-state index is 11.7. The third-order valence-corrected chi connectivity index (χ3v) is 2.92. The highest BCUT2D eigenvalue weighted by atomic mass is 16.5. The summed E-state index contributed by atoms with van der Waals surface area (Å²) in [7, 11) is 0. The van der Waals surface area contributed by atoms with E-state index in [0.29, 0.717) is 24.5 Å². The van der Waals surface area contributed by atoms with Gasteiger partial charge in [-0.15, -0.1) is 0 Å². The van der Waals surface area contributed by atoms with Gasteiger partial charge in [0.25, 0.3) is 0 Å². The summed E-state index contributed by atoms with van der Waals surface area (Å²) in [5.74, 6) is -0.402. The molecular weight excluding hydrogens is 234 g/mol. The number of aliphatic carboxylic acids is 1. The second kappa shape index (κ2) is 5.08. The molecule has 1 saturated heterocycles. The van der Waals surface area contributed by atoms with Crippen LogP contribution in [0.5, 0.6) is 5.75 Å². The zero-order valence-electron chi connectivity index (χ0n) is 10.1. The lowest BCUT2D eigenvalue weighted by Gasteiger charge is -2.21. The average Bonchev–Trinajstić information content (AvgIpc) is 2.73. The second-order valence-electron chi connectivity index (χ2n) is 4.08. The summed E-state index contributed by atoms with van der Waals surface area (Å²) in [5, 5.41) is 9.08. The first-order chi connectivity index (χ1) is 8.63. The Bertz CT molecular complexity index is 455. The van der Waals surface area contributed by atoms with E-state index in [0.717, 1.165) is 0 Å². The van der Waals surface area contributed by atoms with Gasteiger partial charge in [0.2, 0.25) is 5.91 Å². The fourth-order valence-corrected chi connectivity index (χ4v) is 2.11. The molecular formula is C13H15NO4. The number of benzene rings is 1. The zero-order valence-corrected chi connectivity index (χ0v) is 10.1. The van der Waals surface area contributed by atoms with Gasteiger partial charge >= 0.3 is 5.97 Å². The molecule has 1 aromatic carbocycles. The molecule has 5 nitrogen and oxygen atoms in total. The maximum Gasteiger partial charge on any atom is 0.326 e. The van der Waals surface area contributed by atoms with Gasteiger partial charge in [0.05, 0.1) is 6.61 Å². The van der Waals surface area contributed by atoms with E-state index in [4.69, 9.17) is 9.84 Å². The van der Waals surface area contributed by atoms with Crippen molar-refractivity contribution >= 4 is 17.6 Å². The third-order valence-electron chi connectivity index (χ3n) is 2.92. The molecule has 1 amide bonds. The Morgan fingerprint density at radius 3 is 2.67 bits per heavy atom. The van der Waals surface area contributed by atoms with E-state index in [1.54, 1.807) is 24.3 Å². The number of rotatable bonds is 4. The van der Waals surface area contributed by atoms with E-state index >= 15 is 0 Å². The molecule has 1 heterocycles. The number of amides is 1. The van der Waals surface area contributed by atoms with Crippen LogP contribution in [0.3, 0.4) is 0 Å². The van der Waals surface area contributed by atoms with Crippen LogP contribution in [0.15, 0.2) is 24.3 Å². The number of anilines is 1. The van der Waals surface area contributed by atoms with Crippen LogP contribution in [0.25, 0.3) is 0 Å². The molecule has 18 heavy (non-hydrogen) atoms. The van der Waals surface area contributed by atoms with Crippen LogP contribution in [0.1, 0.15) is 19.8 Å². The number of carbonyl (C=O) groups excluding carboxylic acids is 1. The lowest BCUT2D eigenvalue weighted by atomic mass is 10.2. The molecule has 0 aliphatic carbocycles. The number of ether oxygens (including phenoxy) is 1. The predicted octanol–water partition coefficient (Wildman–Crippen LogP) is 1.67. The molecule has 0 radical (unpaired) electrons. The summed E-state index contributed by atoms with van der Waals surface area (Å²) in [4.78, 5) is 24.2. The number of nitrogens with zero attached hydrogens (tertiary/aromatic N) is 1. The molecule has 1 aliphatic rings. The van der Waals surface area contributed by atoms with E-state index in [9.17, 15) is 9.59 Å². The minimum atomic E-state index is -0.963. The van der Waals surface area contributed by atoms with Gasteiger partial charge in [-0.3, -0.25) is 9.69 Å². The van der Waals surface area contributed by atoms with Gasteiger partial charge in [0.15, 0.2) is 0 Å². The van der Waals surface area contributed by atoms with E-state index < -0.39 is 12.0 Å². The Kier molecular flexibility index (Phi) is 3.50. The highest BCUT2D eigenvalue weighted by Crippen LogP contribution is 2.28. The van der Waals surface area contributed by atoms with Gasteiger partial charge in [0, 0.05) is 12.1 Å². The Labute approximate surface area is 105 Å². The fraction of sp³-hybridized carbons (Fsp3) is 0.385. The Balaban J connectivity index is 2.23. The van der Waals surface area contributed by atoms with Crippen molar-refractivity contribution in [3.05, 3.63) is 24.3 Å². The largest absolute Gasteiger partial charge is 0.494 e. The highest BCUT2D eigenvalue weighted by Gasteiger charge is 2.36. The smallest absolute Gasteiger partial charge is 0.326 e. The molecule has 1 fully saturated rings. The van der Waals surface area contributed by atoms with Gasteiger partial charge in [-0.1, -0.05) is 0 Å². The van der Waals surface area contributed by atoms with E-state index in [1.807, 2.05) is 6.92 Å². The lowest BCUT2D eigenvalue weighted by molar-refractivity contribution is -0.138. The summed E-state index contributed by atoms with van der Waals surface area (Å²) in [5.41, 5.74) is 0.605. The number of hydrogen-bond donors (Lipinski definition) is 1. The highest BCUT2D eigenvalue weighted by molar-refractivity contribution is 6.02. The minimum Gasteiger partial charge on any atom is -0.494 e. The molecule has 1 unspecified atom stereocenters. The fourth-order valence-electron chi connectivity index (χ4n) is 2.11. The van der Waals surface area contributed by atoms with Gasteiger partial charge in [-0.05, 0) is 37.6 Å². The van der Waals surface area contributed by atoms with Crippen molar-refractivity contribution in [1.82, 2.24) is 0 Å². The summed E-state index contributed by atoms with van der Waals surface area (Å²) in [6, 6.07) is 6.15. The van der Waals surface area contributed by atoms with Crippen LogP contribution in [0, 0.1) is 0 Å². The van der Waals surface area contributed by atoms with Gasteiger partial charge < -0.3 is 9.84 Å². The molecule has 96 valence electrons. The summed E-state index contributed by atoms with van der Waals surface area (Å²) in [6.45, 7) is 2.46. The van der Waals surface area contributed by atoms with Crippen LogP contribution in [0.2, 0.25) is 0 Å². The third kappa shape index (κ3) is 2.30. The Morgan fingerprint density at radius 1 is 1.44 bits per heavy atom. The second-order valence-corrected chi connectivity index (χ2v) is 4.08. The van der Waals surface area contributed by atoms with Gasteiger partial charge in [0.1, 0.15) is 11.8 Å². The van der Waals surface area contributed by atoms with Crippen LogP contribution >= 0.6 is 0 Å². The number of hydrogen-bond acceptors (Lipinski definition) is 3. The molecule has 0 bridgehead atoms. The number of carbonyl (C=O) groups is 2. The molecule has 1 N–H and O–H groups in total. The van der Waals surface area contributed by atoms with Crippen molar-refractivity contribution in [3.63, 3.8) is 0 Å². The van der Waals surface area contributed by atoms with Crippen LogP contribution in [0.4, 0.5) is 5.69 Å². The summed E-state index contributed by atoms with van der Waals surface area (Å²) in [6.07, 6.45) is 0.644. The molecule has 1 aliphatic heterocycles. The lowest BCUT2D eigenvalue weighted by Crippen LogP contribution is -2.38. The molecule has 5 heteroatoms. The quantitative estimate of drug-likeness (QED) is 0.881. The first-order valence-electron chi connectivity index (χ1n) is 5.91. The SMILES string of the molecule is CCOc1ccc(N2C(=O)CCC2C(=O)O)cc1. The standard InChI is InChI=1S/C13H15NO4/c1-2-18-10-5-3-9(4-6-10)14-11(13(16)17)7-8-12(14)15/h3-6,11H,2,7-8H2,1H3,(H,16,17). The van der Waals surface area contributed by atoms with Crippen LogP contribution in [-0.2, 0) is 9.59 Å². The average molecular weight is 249 g/mol. The van der Waals surface area contributed by atoms with Crippen molar-refractivity contribution < 1.29 is 19.4 Å². The summed E-state index contributed by atoms with van der Waals surface area (Å²) < 4.78 is 5.30. The van der Waals surface area contributed by atoms with Gasteiger partial charge in [-0.25, -0.2) is 4.79 Å². The monoisotopic (exact) mass is 249 g/mol. The van der Waals surface area contributed by atoms with Crippen molar-refractivity contribution in [2.24, 2.45) is 0 Å². The predicted molar refractivity (Wildman–Crippen MR) is 65.8 cm³/mol. The van der Waals surface area contributed by atoms with Gasteiger partial charge in [-0.2, -0.15) is 0 Å². The van der Waals surface area contributed by atoms with Crippen molar-refractivity contribution in [3.8, 4) is 5.75 Å². The molecule has 0 saturated carbocycles. The van der Waals surface area contributed by atoms with Crippen molar-refractivity contribution in [2.75, 3.05) is 11.5 Å². The normalized spacial score (nSPS) is 19.1. The van der Waals surface area contributed by atoms with Crippen molar-refractivity contribution in [2.45, 2.75) is 25.8 Å². The van der Waals surface area contributed by atoms with E-state index in [1.165, 1.54) is 4.90 Å². The molecule has 2 rings (SSSR count). The first kappa shape index (κ1) is 12.4. The van der Waals surface area contributed by atoms with Crippen LogP contribution in [-0.4, -0.2) is 29.6 Å². The Morgan fingerprint density at radius 2 is 2.11 bits per heavy atom. The topological polar surface area (TPSA) is 66.8 Å². The van der Waals surface area contributed by atoms with Crippen LogP contribution < -0.4 is 9.64 Å². The number of carboxylic acid groups (broad SMARTS) is 1. The maximum atomic E-state index is 11.7. The molecule has 0 spiro atoms. The van der Waals surface area contributed by atoms with Crippen molar-refractivity contribution in [1.29, 1.82) is 0 Å². The zero-order chi connectivity index (χ0) is 13.1. The minimum absolute atomic E-state index is 0.147. The molecule has 0 aromatic heterocycles. The number of carboxylic acids is 1. The summed E-state index contributed by atoms with van der Waals surface area (Å²) >= 11 is 0.